The maximum atomic E-state index is 13.6. The Morgan fingerprint density at radius 1 is 0.889 bits per heavy atom. The molecule has 1 atom stereocenters. The van der Waals surface area contributed by atoms with Crippen molar-refractivity contribution in [1.82, 2.24) is 5.32 Å². The number of ketones is 2. The van der Waals surface area contributed by atoms with E-state index in [1.807, 2.05) is 48.5 Å². The van der Waals surface area contributed by atoms with Gasteiger partial charge in [-0.25, -0.2) is 4.39 Å². The van der Waals surface area contributed by atoms with E-state index in [1.54, 1.807) is 12.1 Å². The molecule has 3 aromatic carbocycles. The topological polar surface area (TPSA) is 55.4 Å². The van der Waals surface area contributed by atoms with E-state index >= 15 is 0 Å². The Hall–Kier alpha value is -3.99. The van der Waals surface area contributed by atoms with Gasteiger partial charge in [-0.3, -0.25) is 9.59 Å². The van der Waals surface area contributed by atoms with Crippen LogP contribution in [0.15, 0.2) is 89.6 Å². The summed E-state index contributed by atoms with van der Waals surface area (Å²) in [7, 11) is 0. The predicted octanol–water partition coefficient (Wildman–Crippen LogP) is 6.34. The zero-order chi connectivity index (χ0) is 25.0. The fraction of sp³-hybridized carbons (Fsp3) is 0.226. The number of Topliss-reactive ketones (excluding diaryl/α,β-unsaturated/α-hetero) is 2. The van der Waals surface area contributed by atoms with E-state index in [1.165, 1.54) is 12.1 Å². The summed E-state index contributed by atoms with van der Waals surface area (Å²) in [4.78, 5) is 27.1. The van der Waals surface area contributed by atoms with Crippen LogP contribution in [0.25, 0.3) is 5.70 Å². The Labute approximate surface area is 209 Å². The summed E-state index contributed by atoms with van der Waals surface area (Å²) >= 11 is 0. The normalized spacial score (nSPS) is 20.0. The highest BCUT2D eigenvalue weighted by Gasteiger charge is 2.46. The number of hydrogen-bond donors (Lipinski definition) is 1. The molecule has 180 valence electrons. The van der Waals surface area contributed by atoms with Crippen LogP contribution in [0.4, 0.5) is 4.39 Å². The quantitative estimate of drug-likeness (QED) is 0.474. The van der Waals surface area contributed by atoms with Gasteiger partial charge in [-0.05, 0) is 47.2 Å². The zero-order valence-corrected chi connectivity index (χ0v) is 20.2. The first-order chi connectivity index (χ1) is 17.3. The van der Waals surface area contributed by atoms with Crippen LogP contribution in [-0.4, -0.2) is 11.6 Å². The first-order valence-electron chi connectivity index (χ1n) is 12.2. The van der Waals surface area contributed by atoms with Gasteiger partial charge in [0.15, 0.2) is 11.6 Å². The van der Waals surface area contributed by atoms with Crippen molar-refractivity contribution in [1.29, 1.82) is 0 Å². The average Bonchev–Trinajstić information content (AvgIpc) is 3.14. The van der Waals surface area contributed by atoms with Gasteiger partial charge < -0.3 is 10.1 Å². The van der Waals surface area contributed by atoms with E-state index in [4.69, 9.17) is 4.74 Å². The fourth-order valence-corrected chi connectivity index (χ4v) is 5.63. The van der Waals surface area contributed by atoms with E-state index < -0.39 is 5.92 Å². The van der Waals surface area contributed by atoms with Gasteiger partial charge in [-0.15, -0.1) is 0 Å². The summed E-state index contributed by atoms with van der Waals surface area (Å²) in [6.45, 7) is 4.53. The molecule has 0 saturated carbocycles. The van der Waals surface area contributed by atoms with E-state index in [0.717, 1.165) is 34.5 Å². The van der Waals surface area contributed by atoms with Crippen molar-refractivity contribution >= 4 is 17.3 Å². The van der Waals surface area contributed by atoms with Crippen molar-refractivity contribution < 1.29 is 18.7 Å². The van der Waals surface area contributed by atoms with Crippen molar-refractivity contribution in [3.63, 3.8) is 0 Å². The van der Waals surface area contributed by atoms with Gasteiger partial charge in [0.2, 0.25) is 0 Å². The van der Waals surface area contributed by atoms with Crippen LogP contribution in [0.2, 0.25) is 0 Å². The maximum absolute atomic E-state index is 13.6. The number of carbonyl (C=O) groups is 2. The van der Waals surface area contributed by atoms with Gasteiger partial charge in [0.1, 0.15) is 18.2 Å². The number of fused-ring (bicyclic) bond motifs is 2. The molecule has 1 heterocycles. The van der Waals surface area contributed by atoms with E-state index in [9.17, 15) is 14.0 Å². The number of benzene rings is 3. The second-order valence-electron chi connectivity index (χ2n) is 10.5. The number of hydrogen-bond acceptors (Lipinski definition) is 4. The van der Waals surface area contributed by atoms with Gasteiger partial charge in [-0.2, -0.15) is 0 Å². The lowest BCUT2D eigenvalue weighted by Crippen LogP contribution is -2.37. The highest BCUT2D eigenvalue weighted by Crippen LogP contribution is 2.51. The van der Waals surface area contributed by atoms with Gasteiger partial charge >= 0.3 is 0 Å². The van der Waals surface area contributed by atoms with E-state index in [2.05, 4.69) is 19.2 Å². The number of rotatable bonds is 4. The van der Waals surface area contributed by atoms with Crippen LogP contribution in [0, 0.1) is 11.2 Å². The van der Waals surface area contributed by atoms with Crippen LogP contribution < -0.4 is 10.1 Å². The first-order valence-corrected chi connectivity index (χ1v) is 12.2. The molecule has 0 saturated heterocycles. The Morgan fingerprint density at radius 3 is 2.31 bits per heavy atom. The number of nitrogens with one attached hydrogen (secondary N) is 1. The van der Waals surface area contributed by atoms with Crippen LogP contribution in [0.1, 0.15) is 59.7 Å². The molecule has 0 spiro atoms. The lowest BCUT2D eigenvalue weighted by molar-refractivity contribution is -0.118. The molecule has 3 aliphatic rings. The van der Waals surface area contributed by atoms with Gasteiger partial charge in [0.25, 0.3) is 0 Å². The molecule has 1 unspecified atom stereocenters. The molecule has 0 bridgehead atoms. The van der Waals surface area contributed by atoms with Crippen LogP contribution >= 0.6 is 0 Å². The minimum Gasteiger partial charge on any atom is -0.489 e. The fourth-order valence-electron chi connectivity index (χ4n) is 5.63. The van der Waals surface area contributed by atoms with Crippen molar-refractivity contribution in [2.24, 2.45) is 5.41 Å². The van der Waals surface area contributed by atoms with Gasteiger partial charge in [-0.1, -0.05) is 62.4 Å². The van der Waals surface area contributed by atoms with Crippen molar-refractivity contribution in [2.45, 2.75) is 39.2 Å². The lowest BCUT2D eigenvalue weighted by atomic mass is 9.68. The highest BCUT2D eigenvalue weighted by molar-refractivity contribution is 6.23. The van der Waals surface area contributed by atoms with Crippen molar-refractivity contribution in [3.8, 4) is 5.75 Å². The summed E-state index contributed by atoms with van der Waals surface area (Å²) in [5.41, 5.74) is 6.26. The third kappa shape index (κ3) is 3.76. The molecule has 0 radical (unpaired) electrons. The second-order valence-corrected chi connectivity index (χ2v) is 10.5. The molecule has 0 fully saturated rings. The number of dihydropyridines is 1. The molecule has 6 rings (SSSR count). The van der Waals surface area contributed by atoms with Gasteiger partial charge in [0, 0.05) is 40.3 Å². The minimum absolute atomic E-state index is 0.0288. The second kappa shape index (κ2) is 8.30. The number of ether oxygens (including phenoxy) is 1. The molecular formula is C31H26FNO3. The SMILES string of the molecule is CC1(C)CC(=O)C2=C(C1)NC1=C(C(=O)c3ccccc31)C2c1ccc(OCc2ccc(F)cc2)cc1. The number of halogens is 1. The molecule has 36 heavy (non-hydrogen) atoms. The molecule has 0 aromatic heterocycles. The summed E-state index contributed by atoms with van der Waals surface area (Å²) in [6.07, 6.45) is 1.20. The maximum Gasteiger partial charge on any atom is 0.192 e. The molecule has 1 aliphatic heterocycles. The smallest absolute Gasteiger partial charge is 0.192 e. The zero-order valence-electron chi connectivity index (χ0n) is 20.2. The molecule has 2 aliphatic carbocycles. The third-order valence-electron chi connectivity index (χ3n) is 7.26. The Balaban J connectivity index is 1.37. The Morgan fingerprint density at radius 2 is 1.58 bits per heavy atom. The standard InChI is InChI=1S/C31H26FNO3/c1-31(2)15-24-27(25(34)16-31)26(28-29(33-24)22-5-3-4-6-23(22)30(28)35)19-9-13-21(14-10-19)36-17-18-7-11-20(32)12-8-18/h3-14,26,33H,15-17H2,1-2H3. The predicted molar refractivity (Wildman–Crippen MR) is 136 cm³/mol. The van der Waals surface area contributed by atoms with Crippen LogP contribution in [0.5, 0.6) is 5.75 Å². The summed E-state index contributed by atoms with van der Waals surface area (Å²) in [6, 6.07) is 21.5. The van der Waals surface area contributed by atoms with Gasteiger partial charge in [0.05, 0.1) is 5.70 Å². The first kappa shape index (κ1) is 22.5. The van der Waals surface area contributed by atoms with E-state index in [-0.39, 0.29) is 22.8 Å². The summed E-state index contributed by atoms with van der Waals surface area (Å²) < 4.78 is 19.1. The minimum atomic E-state index is -0.425. The van der Waals surface area contributed by atoms with Crippen LogP contribution in [0.3, 0.4) is 0 Å². The third-order valence-corrected chi connectivity index (χ3v) is 7.26. The molecule has 3 aromatic rings. The Kier molecular flexibility index (Phi) is 5.18. The highest BCUT2D eigenvalue weighted by atomic mass is 19.1. The monoisotopic (exact) mass is 479 g/mol. The molecule has 1 N–H and O–H groups in total. The molecule has 5 heteroatoms. The number of carbonyl (C=O) groups excluding carboxylic acids is 2. The van der Waals surface area contributed by atoms with E-state index in [0.29, 0.717) is 35.5 Å². The van der Waals surface area contributed by atoms with Crippen molar-refractivity contribution in [3.05, 3.63) is 118 Å². The molecule has 0 amide bonds. The largest absolute Gasteiger partial charge is 0.489 e. The molecule has 4 nitrogen and oxygen atoms in total. The summed E-state index contributed by atoms with van der Waals surface area (Å²) in [5.74, 6) is 0.0183. The number of allylic oxidation sites excluding steroid dienone is 3. The Bertz CT molecular complexity index is 1460. The van der Waals surface area contributed by atoms with Crippen molar-refractivity contribution in [2.75, 3.05) is 0 Å². The molecular weight excluding hydrogens is 453 g/mol. The summed E-state index contributed by atoms with van der Waals surface area (Å²) in [5, 5.41) is 3.51. The lowest BCUT2D eigenvalue weighted by Gasteiger charge is -2.39. The average molecular weight is 480 g/mol. The van der Waals surface area contributed by atoms with Crippen LogP contribution in [-0.2, 0) is 11.4 Å².